The van der Waals surface area contributed by atoms with E-state index in [9.17, 15) is 4.39 Å². The summed E-state index contributed by atoms with van der Waals surface area (Å²) in [6, 6.07) is 8.80. The number of aromatic nitrogens is 4. The van der Waals surface area contributed by atoms with E-state index in [1.165, 1.54) is 6.07 Å². The topological polar surface area (TPSA) is 90.7 Å². The van der Waals surface area contributed by atoms with E-state index >= 15 is 0 Å². The van der Waals surface area contributed by atoms with Crippen molar-refractivity contribution in [1.82, 2.24) is 23.8 Å². The minimum absolute atomic E-state index is 0.0900. The molecule has 8 nitrogen and oxygen atoms in total. The largest absolute Gasteiger partial charge is 0.379 e. The fourth-order valence-corrected chi connectivity index (χ4v) is 4.21. The number of ether oxygens (including phenoxy) is 1. The number of morpholine rings is 1. The molecule has 0 bridgehead atoms. The van der Waals surface area contributed by atoms with Crippen LogP contribution < -0.4 is 5.73 Å². The van der Waals surface area contributed by atoms with Crippen molar-refractivity contribution in [3.63, 3.8) is 0 Å². The molecular weight excluding hydrogens is 459 g/mol. The molecule has 1 amide bonds. The van der Waals surface area contributed by atoms with Crippen molar-refractivity contribution < 1.29 is 13.9 Å². The first kappa shape index (κ1) is 23.9. The SMILES string of the molecule is Cc1cnc2ccc(-c3c(-c4ccc(F)c(Cl)c4)ncn3CCN3CCOCC3)cn12.NC=O. The summed E-state index contributed by atoms with van der Waals surface area (Å²) in [6.07, 6.45) is 6.04. The minimum atomic E-state index is -0.436. The Morgan fingerprint density at radius 2 is 1.88 bits per heavy atom. The maximum Gasteiger partial charge on any atom is 0.204 e. The van der Waals surface area contributed by atoms with Crippen LogP contribution in [0.5, 0.6) is 0 Å². The number of carbonyl (C=O) groups excluding carboxylic acids is 1. The summed E-state index contributed by atoms with van der Waals surface area (Å²) in [6.45, 7) is 7.13. The maximum atomic E-state index is 13.8. The van der Waals surface area contributed by atoms with Crippen LogP contribution in [0.2, 0.25) is 5.02 Å². The predicted molar refractivity (Wildman–Crippen MR) is 129 cm³/mol. The minimum Gasteiger partial charge on any atom is -0.379 e. The van der Waals surface area contributed by atoms with Crippen LogP contribution in [-0.2, 0) is 16.1 Å². The van der Waals surface area contributed by atoms with Gasteiger partial charge in [0.25, 0.3) is 0 Å². The molecule has 0 saturated carbocycles. The number of halogens is 2. The highest BCUT2D eigenvalue weighted by Crippen LogP contribution is 2.33. The number of nitrogens with zero attached hydrogens (tertiary/aromatic N) is 5. The number of nitrogens with two attached hydrogens (primary N) is 1. The number of aryl methyl sites for hydroxylation is 1. The third kappa shape index (κ3) is 5.11. The number of hydrogen-bond acceptors (Lipinski definition) is 5. The van der Waals surface area contributed by atoms with Crippen molar-refractivity contribution >= 4 is 23.7 Å². The second-order valence-electron chi connectivity index (χ2n) is 7.90. The zero-order valence-electron chi connectivity index (χ0n) is 18.8. The fraction of sp³-hybridized carbons (Fsp3) is 0.292. The molecule has 3 aromatic heterocycles. The van der Waals surface area contributed by atoms with E-state index in [0.29, 0.717) is 0 Å². The van der Waals surface area contributed by atoms with Gasteiger partial charge in [-0.05, 0) is 37.3 Å². The Labute approximate surface area is 201 Å². The lowest BCUT2D eigenvalue weighted by atomic mass is 10.1. The van der Waals surface area contributed by atoms with E-state index in [-0.39, 0.29) is 11.4 Å². The molecule has 10 heteroatoms. The van der Waals surface area contributed by atoms with Crippen LogP contribution in [0.3, 0.4) is 0 Å². The van der Waals surface area contributed by atoms with Crippen LogP contribution in [0, 0.1) is 12.7 Å². The van der Waals surface area contributed by atoms with E-state index in [1.807, 2.05) is 25.5 Å². The Kier molecular flexibility index (Phi) is 7.56. The second kappa shape index (κ2) is 10.8. The fourth-order valence-electron chi connectivity index (χ4n) is 4.03. The summed E-state index contributed by atoms with van der Waals surface area (Å²) < 4.78 is 23.5. The monoisotopic (exact) mass is 484 g/mol. The lowest BCUT2D eigenvalue weighted by Crippen LogP contribution is -2.38. The molecule has 1 aromatic carbocycles. The Morgan fingerprint density at radius 1 is 1.15 bits per heavy atom. The van der Waals surface area contributed by atoms with Gasteiger partial charge >= 0.3 is 0 Å². The number of primary amides is 1. The Bertz CT molecular complexity index is 1280. The van der Waals surface area contributed by atoms with Gasteiger partial charge in [0.05, 0.1) is 36.0 Å². The van der Waals surface area contributed by atoms with Crippen LogP contribution in [0.1, 0.15) is 5.69 Å². The third-order valence-electron chi connectivity index (χ3n) is 5.76. The van der Waals surface area contributed by atoms with Crippen LogP contribution in [-0.4, -0.2) is 63.1 Å². The summed E-state index contributed by atoms with van der Waals surface area (Å²) in [5.41, 5.74) is 9.68. The van der Waals surface area contributed by atoms with Crippen molar-refractivity contribution in [3.8, 4) is 22.5 Å². The first-order chi connectivity index (χ1) is 16.5. The van der Waals surface area contributed by atoms with Crippen LogP contribution in [0.4, 0.5) is 4.39 Å². The molecule has 2 N–H and O–H groups in total. The lowest BCUT2D eigenvalue weighted by Gasteiger charge is -2.26. The normalized spacial score (nSPS) is 14.1. The molecule has 0 radical (unpaired) electrons. The van der Waals surface area contributed by atoms with Gasteiger partial charge in [-0.2, -0.15) is 0 Å². The first-order valence-corrected chi connectivity index (χ1v) is 11.3. The number of rotatable bonds is 5. The van der Waals surface area contributed by atoms with Gasteiger partial charge in [-0.3, -0.25) is 9.69 Å². The average Bonchev–Trinajstić information content (AvgIpc) is 3.44. The molecule has 1 aliphatic rings. The predicted octanol–water partition coefficient (Wildman–Crippen LogP) is 3.40. The Balaban J connectivity index is 0.000000868. The van der Waals surface area contributed by atoms with E-state index in [2.05, 4.69) is 36.8 Å². The van der Waals surface area contributed by atoms with Gasteiger partial charge in [0.15, 0.2) is 0 Å². The number of carbonyl (C=O) groups is 1. The van der Waals surface area contributed by atoms with Crippen molar-refractivity contribution in [2.24, 2.45) is 5.73 Å². The van der Waals surface area contributed by atoms with Crippen molar-refractivity contribution in [2.75, 3.05) is 32.8 Å². The van der Waals surface area contributed by atoms with Gasteiger partial charge in [0.2, 0.25) is 6.41 Å². The quantitative estimate of drug-likeness (QED) is 0.438. The van der Waals surface area contributed by atoms with Gasteiger partial charge < -0.3 is 19.4 Å². The number of pyridine rings is 1. The molecule has 0 spiro atoms. The molecule has 0 unspecified atom stereocenters. The van der Waals surface area contributed by atoms with Crippen molar-refractivity contribution in [3.05, 3.63) is 65.6 Å². The zero-order valence-corrected chi connectivity index (χ0v) is 19.6. The highest BCUT2D eigenvalue weighted by atomic mass is 35.5. The molecule has 34 heavy (non-hydrogen) atoms. The molecule has 4 aromatic rings. The molecule has 0 aliphatic carbocycles. The maximum absolute atomic E-state index is 13.8. The van der Waals surface area contributed by atoms with Gasteiger partial charge in [-0.25, -0.2) is 14.4 Å². The van der Waals surface area contributed by atoms with E-state index < -0.39 is 5.82 Å². The van der Waals surface area contributed by atoms with Crippen molar-refractivity contribution in [2.45, 2.75) is 13.5 Å². The summed E-state index contributed by atoms with van der Waals surface area (Å²) in [7, 11) is 0. The van der Waals surface area contributed by atoms with Gasteiger partial charge in [0, 0.05) is 55.4 Å². The number of hydrogen-bond donors (Lipinski definition) is 1. The van der Waals surface area contributed by atoms with Crippen molar-refractivity contribution in [1.29, 1.82) is 0 Å². The van der Waals surface area contributed by atoms with Crippen LogP contribution in [0.15, 0.2) is 49.1 Å². The number of fused-ring (bicyclic) bond motifs is 1. The summed E-state index contributed by atoms with van der Waals surface area (Å²) in [4.78, 5) is 20.1. The molecular formula is C24H26ClFN6O2. The highest BCUT2D eigenvalue weighted by molar-refractivity contribution is 6.31. The molecule has 5 rings (SSSR count). The van der Waals surface area contributed by atoms with Gasteiger partial charge in [0.1, 0.15) is 11.5 Å². The van der Waals surface area contributed by atoms with Gasteiger partial charge in [-0.1, -0.05) is 11.6 Å². The standard InChI is InChI=1S/C23H23ClFN5O.CH3NO/c1-16-13-26-21-5-3-18(14-30(16)21)23-22(17-2-4-20(25)19(24)12-17)27-15-29(23)7-6-28-8-10-31-11-9-28;2-1-3/h2-5,12-15H,6-11H2,1H3;1H,(H2,2,3). The van der Waals surface area contributed by atoms with Crippen LogP contribution in [0.25, 0.3) is 28.2 Å². The Morgan fingerprint density at radius 3 is 2.62 bits per heavy atom. The molecule has 178 valence electrons. The smallest absolute Gasteiger partial charge is 0.204 e. The molecule has 0 atom stereocenters. The van der Waals surface area contributed by atoms with Crippen LogP contribution >= 0.6 is 11.6 Å². The summed E-state index contributed by atoms with van der Waals surface area (Å²) in [5.74, 6) is -0.436. The lowest BCUT2D eigenvalue weighted by molar-refractivity contribution is -0.106. The summed E-state index contributed by atoms with van der Waals surface area (Å²) >= 11 is 6.08. The highest BCUT2D eigenvalue weighted by Gasteiger charge is 2.18. The number of amides is 1. The average molecular weight is 485 g/mol. The first-order valence-electron chi connectivity index (χ1n) is 10.9. The number of benzene rings is 1. The van der Waals surface area contributed by atoms with Gasteiger partial charge in [-0.15, -0.1) is 0 Å². The van der Waals surface area contributed by atoms with E-state index in [4.69, 9.17) is 26.1 Å². The molecule has 1 saturated heterocycles. The van der Waals surface area contributed by atoms with E-state index in [0.717, 1.165) is 73.2 Å². The Hall–Kier alpha value is -3.27. The molecule has 4 heterocycles. The summed E-state index contributed by atoms with van der Waals surface area (Å²) in [5, 5.41) is 0.0900. The third-order valence-corrected chi connectivity index (χ3v) is 6.05. The molecule has 1 fully saturated rings. The van der Waals surface area contributed by atoms with E-state index in [1.54, 1.807) is 12.1 Å². The zero-order chi connectivity index (χ0) is 24.1. The number of imidazole rings is 2. The molecule has 1 aliphatic heterocycles. The second-order valence-corrected chi connectivity index (χ2v) is 8.31.